The third-order valence-corrected chi connectivity index (χ3v) is 4.27. The first kappa shape index (κ1) is 14.8. The molecular weight excluding hydrogens is 278 g/mol. The highest BCUT2D eigenvalue weighted by Gasteiger charge is 2.23. The van der Waals surface area contributed by atoms with Crippen molar-refractivity contribution < 1.29 is 4.74 Å². The van der Waals surface area contributed by atoms with Crippen LogP contribution < -0.4 is 9.64 Å². The van der Waals surface area contributed by atoms with Gasteiger partial charge in [0.2, 0.25) is 0 Å². The molecule has 0 radical (unpaired) electrons. The summed E-state index contributed by atoms with van der Waals surface area (Å²) in [6.45, 7) is 7.02. The number of aryl methyl sites for hydroxylation is 2. The maximum Gasteiger partial charge on any atom is 0.318 e. The van der Waals surface area contributed by atoms with Gasteiger partial charge >= 0.3 is 6.01 Å². The van der Waals surface area contributed by atoms with Gasteiger partial charge in [-0.3, -0.25) is 4.68 Å². The van der Waals surface area contributed by atoms with Gasteiger partial charge in [0.25, 0.3) is 0 Å². The summed E-state index contributed by atoms with van der Waals surface area (Å²) in [7, 11) is 1.61. The van der Waals surface area contributed by atoms with Gasteiger partial charge in [-0.05, 0) is 38.2 Å². The van der Waals surface area contributed by atoms with Crippen LogP contribution in [0.15, 0.2) is 18.5 Å². The van der Waals surface area contributed by atoms with E-state index in [1.54, 1.807) is 7.11 Å². The Kier molecular flexibility index (Phi) is 4.27. The number of aromatic nitrogens is 4. The summed E-state index contributed by atoms with van der Waals surface area (Å²) < 4.78 is 7.17. The SMILES string of the molecule is CCn1cc(C2CCN(c3cc(C)nc(OC)n3)CC2)cn1. The van der Waals surface area contributed by atoms with Gasteiger partial charge in [0.15, 0.2) is 0 Å². The number of piperidine rings is 1. The smallest absolute Gasteiger partial charge is 0.318 e. The molecule has 0 spiro atoms. The van der Waals surface area contributed by atoms with E-state index in [2.05, 4.69) is 33.1 Å². The molecular formula is C16H23N5O. The predicted molar refractivity (Wildman–Crippen MR) is 85.4 cm³/mol. The van der Waals surface area contributed by atoms with Crippen LogP contribution >= 0.6 is 0 Å². The molecule has 0 saturated carbocycles. The zero-order valence-corrected chi connectivity index (χ0v) is 13.5. The summed E-state index contributed by atoms with van der Waals surface area (Å²) in [4.78, 5) is 11.0. The topological polar surface area (TPSA) is 56.1 Å². The molecule has 0 aromatic carbocycles. The minimum atomic E-state index is 0.446. The van der Waals surface area contributed by atoms with Gasteiger partial charge in [-0.1, -0.05) is 0 Å². The molecule has 2 aromatic heterocycles. The molecule has 0 N–H and O–H groups in total. The zero-order valence-electron chi connectivity index (χ0n) is 13.5. The van der Waals surface area contributed by atoms with E-state index in [0.29, 0.717) is 11.9 Å². The van der Waals surface area contributed by atoms with Crippen LogP contribution in [0.25, 0.3) is 0 Å². The van der Waals surface area contributed by atoms with E-state index in [4.69, 9.17) is 4.74 Å². The summed E-state index contributed by atoms with van der Waals surface area (Å²) >= 11 is 0. The van der Waals surface area contributed by atoms with Crippen LogP contribution in [0, 0.1) is 6.92 Å². The number of nitrogens with zero attached hydrogens (tertiary/aromatic N) is 5. The first-order valence-electron chi connectivity index (χ1n) is 7.86. The lowest BCUT2D eigenvalue weighted by Gasteiger charge is -2.32. The van der Waals surface area contributed by atoms with E-state index in [1.165, 1.54) is 5.56 Å². The monoisotopic (exact) mass is 301 g/mol. The quantitative estimate of drug-likeness (QED) is 0.868. The average Bonchev–Trinajstić information content (AvgIpc) is 3.03. The van der Waals surface area contributed by atoms with E-state index in [9.17, 15) is 0 Å². The first-order valence-corrected chi connectivity index (χ1v) is 7.86. The van der Waals surface area contributed by atoms with Crippen molar-refractivity contribution in [3.63, 3.8) is 0 Å². The number of anilines is 1. The van der Waals surface area contributed by atoms with Crippen LogP contribution in [0.2, 0.25) is 0 Å². The number of rotatable bonds is 4. The average molecular weight is 301 g/mol. The summed E-state index contributed by atoms with van der Waals surface area (Å²) in [5.74, 6) is 1.56. The Morgan fingerprint density at radius 2 is 2.05 bits per heavy atom. The number of methoxy groups -OCH3 is 1. The largest absolute Gasteiger partial charge is 0.467 e. The third-order valence-electron chi connectivity index (χ3n) is 4.27. The molecule has 0 unspecified atom stereocenters. The Bertz CT molecular complexity index is 631. The van der Waals surface area contributed by atoms with Gasteiger partial charge in [0, 0.05) is 37.6 Å². The Labute approximate surface area is 131 Å². The molecule has 3 heterocycles. The van der Waals surface area contributed by atoms with E-state index in [-0.39, 0.29) is 0 Å². The number of ether oxygens (including phenoxy) is 1. The van der Waals surface area contributed by atoms with Crippen LogP contribution in [0.1, 0.15) is 36.9 Å². The summed E-state index contributed by atoms with van der Waals surface area (Å²) in [5.41, 5.74) is 2.30. The third kappa shape index (κ3) is 3.05. The van der Waals surface area contributed by atoms with Crippen LogP contribution in [-0.4, -0.2) is 39.9 Å². The van der Waals surface area contributed by atoms with Crippen molar-refractivity contribution in [3.8, 4) is 6.01 Å². The lowest BCUT2D eigenvalue weighted by Crippen LogP contribution is -2.33. The predicted octanol–water partition coefficient (Wildman–Crippen LogP) is 2.39. The lowest BCUT2D eigenvalue weighted by molar-refractivity contribution is 0.378. The van der Waals surface area contributed by atoms with E-state index in [0.717, 1.165) is 44.0 Å². The molecule has 1 fully saturated rings. The molecule has 1 aliphatic rings. The van der Waals surface area contributed by atoms with Crippen LogP contribution in [0.4, 0.5) is 5.82 Å². The molecule has 1 aliphatic heterocycles. The van der Waals surface area contributed by atoms with Gasteiger partial charge < -0.3 is 9.64 Å². The second-order valence-electron chi connectivity index (χ2n) is 5.74. The minimum absolute atomic E-state index is 0.446. The second kappa shape index (κ2) is 6.34. The van der Waals surface area contributed by atoms with Gasteiger partial charge in [-0.15, -0.1) is 0 Å². The summed E-state index contributed by atoms with van der Waals surface area (Å²) in [6, 6.07) is 2.47. The van der Waals surface area contributed by atoms with Gasteiger partial charge in [0.1, 0.15) is 5.82 Å². The fourth-order valence-corrected chi connectivity index (χ4v) is 2.98. The maximum atomic E-state index is 5.17. The first-order chi connectivity index (χ1) is 10.7. The highest BCUT2D eigenvalue weighted by molar-refractivity contribution is 5.41. The van der Waals surface area contributed by atoms with Crippen LogP contribution in [0.3, 0.4) is 0 Å². The van der Waals surface area contributed by atoms with Crippen molar-refractivity contribution in [2.24, 2.45) is 0 Å². The van der Waals surface area contributed by atoms with E-state index in [1.807, 2.05) is 23.9 Å². The molecule has 2 aromatic rings. The molecule has 3 rings (SSSR count). The highest BCUT2D eigenvalue weighted by Crippen LogP contribution is 2.30. The molecule has 0 aliphatic carbocycles. The standard InChI is InChI=1S/C16H23N5O/c1-4-21-11-14(10-17-21)13-5-7-20(8-6-13)15-9-12(2)18-16(19-15)22-3/h9-11,13H,4-8H2,1-3H3. The summed E-state index contributed by atoms with van der Waals surface area (Å²) in [6.07, 6.45) is 6.45. The van der Waals surface area contributed by atoms with Crippen molar-refractivity contribution in [3.05, 3.63) is 29.7 Å². The second-order valence-corrected chi connectivity index (χ2v) is 5.74. The molecule has 0 bridgehead atoms. The van der Waals surface area contributed by atoms with E-state index < -0.39 is 0 Å². The Morgan fingerprint density at radius 3 is 2.68 bits per heavy atom. The highest BCUT2D eigenvalue weighted by atomic mass is 16.5. The minimum Gasteiger partial charge on any atom is -0.467 e. The molecule has 1 saturated heterocycles. The van der Waals surface area contributed by atoms with Crippen molar-refractivity contribution >= 4 is 5.82 Å². The molecule has 0 atom stereocenters. The molecule has 6 nitrogen and oxygen atoms in total. The molecule has 22 heavy (non-hydrogen) atoms. The molecule has 6 heteroatoms. The van der Waals surface area contributed by atoms with Crippen molar-refractivity contribution in [1.82, 2.24) is 19.7 Å². The van der Waals surface area contributed by atoms with Gasteiger partial charge in [0.05, 0.1) is 13.3 Å². The maximum absolute atomic E-state index is 5.17. The normalized spacial score (nSPS) is 16.0. The molecule has 0 amide bonds. The van der Waals surface area contributed by atoms with Crippen LogP contribution in [0.5, 0.6) is 6.01 Å². The Balaban J connectivity index is 1.67. The van der Waals surface area contributed by atoms with Crippen molar-refractivity contribution in [2.45, 2.75) is 39.2 Å². The fourth-order valence-electron chi connectivity index (χ4n) is 2.98. The number of hydrogen-bond acceptors (Lipinski definition) is 5. The lowest BCUT2D eigenvalue weighted by atomic mass is 9.91. The Morgan fingerprint density at radius 1 is 1.27 bits per heavy atom. The van der Waals surface area contributed by atoms with Gasteiger partial charge in [-0.25, -0.2) is 4.98 Å². The fraction of sp³-hybridized carbons (Fsp3) is 0.562. The van der Waals surface area contributed by atoms with Crippen molar-refractivity contribution in [1.29, 1.82) is 0 Å². The molecule has 118 valence electrons. The summed E-state index contributed by atoms with van der Waals surface area (Å²) in [5, 5.41) is 4.39. The van der Waals surface area contributed by atoms with E-state index >= 15 is 0 Å². The van der Waals surface area contributed by atoms with Crippen molar-refractivity contribution in [2.75, 3.05) is 25.1 Å². The van der Waals surface area contributed by atoms with Gasteiger partial charge in [-0.2, -0.15) is 10.1 Å². The zero-order chi connectivity index (χ0) is 15.5. The Hall–Kier alpha value is -2.11. The number of hydrogen-bond donors (Lipinski definition) is 0. The van der Waals surface area contributed by atoms with Crippen LogP contribution in [-0.2, 0) is 6.54 Å².